The minimum absolute atomic E-state index is 0.0549. The van der Waals surface area contributed by atoms with Gasteiger partial charge in [-0.2, -0.15) is 4.57 Å². The van der Waals surface area contributed by atoms with Gasteiger partial charge in [-0.3, -0.25) is 9.59 Å². The fraction of sp³-hybridized carbons (Fsp3) is 0.385. The molecule has 0 saturated heterocycles. The van der Waals surface area contributed by atoms with Crippen LogP contribution in [-0.2, 0) is 21.1 Å². The molecule has 136 valence electrons. The van der Waals surface area contributed by atoms with Crippen LogP contribution in [0.2, 0.25) is 0 Å². The zero-order valence-corrected chi connectivity index (χ0v) is 13.2. The summed E-state index contributed by atoms with van der Waals surface area (Å²) in [4.78, 5) is 47.9. The molecule has 1 atom stereocenters. The van der Waals surface area contributed by atoms with E-state index in [2.05, 4.69) is 15.5 Å². The zero-order valence-electron chi connectivity index (χ0n) is 13.2. The summed E-state index contributed by atoms with van der Waals surface area (Å²) in [5, 5.41) is 22.2. The minimum Gasteiger partial charge on any atom is -0.480 e. The lowest BCUT2D eigenvalue weighted by atomic mass is 10.2. The SMILES string of the molecule is C[C@H](NC(=O)OC[n+]1cccc(C(=O)NCCO[N+](=O)[O-])c1)C(=O)O. The summed E-state index contributed by atoms with van der Waals surface area (Å²) in [6.07, 6.45) is 1.99. The van der Waals surface area contributed by atoms with Crippen LogP contribution < -0.4 is 15.2 Å². The highest BCUT2D eigenvalue weighted by molar-refractivity contribution is 5.93. The van der Waals surface area contributed by atoms with Crippen LogP contribution in [0.1, 0.15) is 17.3 Å². The lowest BCUT2D eigenvalue weighted by Gasteiger charge is -2.08. The lowest BCUT2D eigenvalue weighted by Crippen LogP contribution is -2.43. The van der Waals surface area contributed by atoms with Crippen LogP contribution in [0.4, 0.5) is 4.79 Å². The molecule has 0 aliphatic rings. The summed E-state index contributed by atoms with van der Waals surface area (Å²) in [5.41, 5.74) is 0.228. The van der Waals surface area contributed by atoms with Gasteiger partial charge in [0.05, 0.1) is 0 Å². The quantitative estimate of drug-likeness (QED) is 0.221. The second-order valence-electron chi connectivity index (χ2n) is 4.68. The van der Waals surface area contributed by atoms with Crippen molar-refractivity contribution in [3.8, 4) is 0 Å². The van der Waals surface area contributed by atoms with E-state index in [-0.39, 0.29) is 25.4 Å². The van der Waals surface area contributed by atoms with Crippen molar-refractivity contribution in [2.24, 2.45) is 0 Å². The van der Waals surface area contributed by atoms with E-state index in [1.807, 2.05) is 0 Å². The van der Waals surface area contributed by atoms with Crippen molar-refractivity contribution >= 4 is 18.0 Å². The van der Waals surface area contributed by atoms with Crippen LogP contribution in [-0.4, -0.2) is 47.4 Å². The Hall–Kier alpha value is -3.44. The monoisotopic (exact) mass is 357 g/mol. The molecule has 0 aliphatic carbocycles. The maximum atomic E-state index is 11.9. The van der Waals surface area contributed by atoms with Crippen molar-refractivity contribution in [2.75, 3.05) is 13.2 Å². The molecule has 0 fully saturated rings. The normalized spacial score (nSPS) is 11.1. The summed E-state index contributed by atoms with van der Waals surface area (Å²) >= 11 is 0. The van der Waals surface area contributed by atoms with Gasteiger partial charge in [0.1, 0.15) is 18.2 Å². The minimum atomic E-state index is -1.20. The van der Waals surface area contributed by atoms with E-state index in [0.29, 0.717) is 0 Å². The van der Waals surface area contributed by atoms with Crippen molar-refractivity contribution in [1.82, 2.24) is 10.6 Å². The van der Waals surface area contributed by atoms with Crippen molar-refractivity contribution in [3.05, 3.63) is 40.2 Å². The summed E-state index contributed by atoms with van der Waals surface area (Å²) in [6, 6.07) is 1.92. The number of nitrogens with one attached hydrogen (secondary N) is 2. The van der Waals surface area contributed by atoms with Crippen LogP contribution >= 0.6 is 0 Å². The van der Waals surface area contributed by atoms with Crippen LogP contribution in [0.25, 0.3) is 0 Å². The first-order valence-corrected chi connectivity index (χ1v) is 7.00. The first-order valence-electron chi connectivity index (χ1n) is 7.00. The highest BCUT2D eigenvalue weighted by Crippen LogP contribution is 1.95. The molecule has 12 heteroatoms. The van der Waals surface area contributed by atoms with Crippen LogP contribution in [0.3, 0.4) is 0 Å². The highest BCUT2D eigenvalue weighted by atomic mass is 16.9. The number of nitrogens with zero attached hydrogens (tertiary/aromatic N) is 2. The number of hydrogen-bond donors (Lipinski definition) is 3. The number of pyridine rings is 1. The summed E-state index contributed by atoms with van der Waals surface area (Å²) in [7, 11) is 0. The van der Waals surface area contributed by atoms with Gasteiger partial charge in [-0.15, -0.1) is 10.1 Å². The van der Waals surface area contributed by atoms with Crippen molar-refractivity contribution in [2.45, 2.75) is 19.7 Å². The van der Waals surface area contributed by atoms with E-state index in [1.165, 1.54) is 36.0 Å². The number of hydrogen-bond acceptors (Lipinski definition) is 7. The highest BCUT2D eigenvalue weighted by Gasteiger charge is 2.16. The molecule has 1 aromatic heterocycles. The van der Waals surface area contributed by atoms with Crippen LogP contribution in [0.15, 0.2) is 24.5 Å². The molecule has 2 amide bonds. The Kier molecular flexibility index (Phi) is 7.56. The first kappa shape index (κ1) is 19.6. The molecule has 1 heterocycles. The average molecular weight is 357 g/mol. The predicted molar refractivity (Wildman–Crippen MR) is 78.6 cm³/mol. The number of carbonyl (C=O) groups excluding carboxylic acids is 2. The van der Waals surface area contributed by atoms with Gasteiger partial charge in [0.25, 0.3) is 17.7 Å². The molecule has 12 nitrogen and oxygen atoms in total. The van der Waals surface area contributed by atoms with E-state index in [4.69, 9.17) is 9.84 Å². The number of amides is 2. The second kappa shape index (κ2) is 9.64. The molecule has 0 saturated carbocycles. The van der Waals surface area contributed by atoms with Gasteiger partial charge in [-0.05, 0) is 13.0 Å². The van der Waals surface area contributed by atoms with Crippen molar-refractivity contribution < 1.29 is 38.7 Å². The van der Waals surface area contributed by atoms with E-state index in [1.54, 1.807) is 0 Å². The number of carboxylic acid groups (broad SMARTS) is 1. The maximum absolute atomic E-state index is 11.9. The summed E-state index contributed by atoms with van der Waals surface area (Å²) < 4.78 is 6.21. The van der Waals surface area contributed by atoms with E-state index < -0.39 is 29.1 Å². The number of alkyl carbamates (subject to hydrolysis) is 1. The van der Waals surface area contributed by atoms with Gasteiger partial charge in [-0.1, -0.05) is 0 Å². The van der Waals surface area contributed by atoms with Gasteiger partial charge < -0.3 is 25.3 Å². The first-order chi connectivity index (χ1) is 11.8. The molecular formula is C13H17N4O8+. The Morgan fingerprint density at radius 3 is 2.80 bits per heavy atom. The predicted octanol–water partition coefficient (Wildman–Crippen LogP) is -0.931. The zero-order chi connectivity index (χ0) is 18.8. The van der Waals surface area contributed by atoms with Crippen LogP contribution in [0, 0.1) is 10.1 Å². The molecule has 1 aromatic rings. The van der Waals surface area contributed by atoms with E-state index in [9.17, 15) is 24.5 Å². The Bertz CT molecular complexity index is 651. The van der Waals surface area contributed by atoms with Crippen molar-refractivity contribution in [1.29, 1.82) is 0 Å². The van der Waals surface area contributed by atoms with E-state index in [0.717, 1.165) is 0 Å². The van der Waals surface area contributed by atoms with Crippen molar-refractivity contribution in [3.63, 3.8) is 0 Å². The molecule has 0 spiro atoms. The molecule has 1 rings (SSSR count). The van der Waals surface area contributed by atoms with Gasteiger partial charge in [0.15, 0.2) is 12.4 Å². The number of carbonyl (C=O) groups is 3. The van der Waals surface area contributed by atoms with Gasteiger partial charge in [-0.25, -0.2) is 4.79 Å². The molecule has 0 radical (unpaired) electrons. The lowest BCUT2D eigenvalue weighted by molar-refractivity contribution is -0.757. The Morgan fingerprint density at radius 2 is 2.16 bits per heavy atom. The average Bonchev–Trinajstić information content (AvgIpc) is 2.56. The fourth-order valence-corrected chi connectivity index (χ4v) is 1.54. The molecular weight excluding hydrogens is 340 g/mol. The Morgan fingerprint density at radius 1 is 1.44 bits per heavy atom. The molecule has 0 bridgehead atoms. The number of carboxylic acids is 1. The molecule has 0 unspecified atom stereocenters. The molecule has 3 N–H and O–H groups in total. The molecule has 0 aromatic carbocycles. The standard InChI is InChI=1S/C13H16N4O8/c1-9(12(19)20)15-13(21)24-8-16-5-2-3-10(7-16)11(18)14-4-6-25-17(22)23/h2-3,5,7,9H,4,6,8H2,1H3,(H2-,14,15,18,19,20,21)/p+1/t9-/m0/s1. The number of rotatable bonds is 9. The van der Waals surface area contributed by atoms with Crippen LogP contribution in [0.5, 0.6) is 0 Å². The van der Waals surface area contributed by atoms with Gasteiger partial charge in [0.2, 0.25) is 0 Å². The number of ether oxygens (including phenoxy) is 1. The third-order valence-corrected chi connectivity index (χ3v) is 2.75. The Labute approximate surface area is 141 Å². The largest absolute Gasteiger partial charge is 0.480 e. The Balaban J connectivity index is 2.48. The number of aliphatic carboxylic acids is 1. The summed E-state index contributed by atoms with van der Waals surface area (Å²) in [5.74, 6) is -1.70. The fourth-order valence-electron chi connectivity index (χ4n) is 1.54. The van der Waals surface area contributed by atoms with Gasteiger partial charge >= 0.3 is 12.1 Å². The van der Waals surface area contributed by atoms with Gasteiger partial charge in [0, 0.05) is 12.6 Å². The third-order valence-electron chi connectivity index (χ3n) is 2.75. The number of aromatic nitrogens is 1. The maximum Gasteiger partial charge on any atom is 0.412 e. The second-order valence-corrected chi connectivity index (χ2v) is 4.68. The molecule has 0 aliphatic heterocycles. The summed E-state index contributed by atoms with van der Waals surface area (Å²) in [6.45, 7) is 0.700. The van der Waals surface area contributed by atoms with E-state index >= 15 is 0 Å². The topological polar surface area (TPSA) is 161 Å². The third kappa shape index (κ3) is 7.58. The molecule has 25 heavy (non-hydrogen) atoms. The smallest absolute Gasteiger partial charge is 0.412 e.